The van der Waals surface area contributed by atoms with Gasteiger partial charge in [0.25, 0.3) is 22.9 Å². The number of phenols is 2. The molecule has 4 aromatic carbocycles. The molecule has 0 atom stereocenters. The van der Waals surface area contributed by atoms with E-state index in [0.717, 1.165) is 11.1 Å². The van der Waals surface area contributed by atoms with Crippen LogP contribution in [0.25, 0.3) is 0 Å². The molecule has 2 N–H and O–H groups in total. The van der Waals surface area contributed by atoms with Gasteiger partial charge in [-0.25, -0.2) is 0 Å². The van der Waals surface area contributed by atoms with Gasteiger partial charge in [0, 0.05) is 17.5 Å². The Morgan fingerprint density at radius 2 is 0.746 bits per heavy atom. The number of hydrogen-bond donors (Lipinski definition) is 2. The Balaban J connectivity index is 0.000000324. The molecule has 0 fully saturated rings. The lowest BCUT2D eigenvalue weighted by Crippen LogP contribution is -2.48. The molecule has 4 rings (SSSR count). The lowest BCUT2D eigenvalue weighted by molar-refractivity contribution is -0.916. The highest BCUT2D eigenvalue weighted by Gasteiger charge is 2.31. The van der Waals surface area contributed by atoms with Crippen LogP contribution in [-0.4, -0.2) is 87.0 Å². The predicted molar refractivity (Wildman–Crippen MR) is 209 cm³/mol. The Labute approximate surface area is 341 Å². The minimum atomic E-state index is -1.21. The maximum absolute atomic E-state index is 13.6. The summed E-state index contributed by atoms with van der Waals surface area (Å²) in [6.45, 7) is 2.18. The first-order valence-electron chi connectivity index (χ1n) is 16.6. The van der Waals surface area contributed by atoms with Gasteiger partial charge in [-0.15, -0.1) is 23.2 Å². The molecule has 0 saturated heterocycles. The SMILES string of the molecule is O=[N+]([O-])c1cc([N+](=O)[O-])c(O)c([N+](=O)[O-])c1.O=[N+]([O-])c1cc([N+](=O)[O-])c(O)c([N+](=O)[O-])c1.[O-][N+](CCCl)(CCCl)CCC[N+]([O-])(Cc1ccccc1)Cc1ccccc1. The van der Waals surface area contributed by atoms with Gasteiger partial charge in [-0.3, -0.25) is 60.7 Å². The summed E-state index contributed by atoms with van der Waals surface area (Å²) in [5, 5.41) is 107. The number of hydrogen-bond acceptors (Lipinski definition) is 16. The van der Waals surface area contributed by atoms with Crippen LogP contribution in [0.15, 0.2) is 84.9 Å². The van der Waals surface area contributed by atoms with Crippen molar-refractivity contribution in [3.8, 4) is 11.5 Å². The molecular formula is C33H34Cl2N8O16. The zero-order valence-corrected chi connectivity index (χ0v) is 31.9. The minimum Gasteiger partial charge on any atom is -0.633 e. The number of hydroxylamine groups is 6. The van der Waals surface area contributed by atoms with Crippen LogP contribution in [0.2, 0.25) is 0 Å². The Hall–Kier alpha value is -6.70. The van der Waals surface area contributed by atoms with Crippen LogP contribution in [0.1, 0.15) is 17.5 Å². The first kappa shape index (κ1) is 48.4. The van der Waals surface area contributed by atoms with Gasteiger partial charge in [0.2, 0.25) is 0 Å². The van der Waals surface area contributed by atoms with E-state index in [2.05, 4.69) is 0 Å². The highest BCUT2D eigenvalue weighted by Crippen LogP contribution is 2.40. The summed E-state index contributed by atoms with van der Waals surface area (Å²) in [6.07, 6.45) is 0.542. The maximum Gasteiger partial charge on any atom is 0.324 e. The fraction of sp³-hybridized carbons (Fsp3) is 0.273. The second kappa shape index (κ2) is 22.3. The Morgan fingerprint density at radius 1 is 0.458 bits per heavy atom. The third-order valence-electron chi connectivity index (χ3n) is 8.06. The molecule has 0 unspecified atom stereocenters. The Morgan fingerprint density at radius 3 is 1.00 bits per heavy atom. The summed E-state index contributed by atoms with van der Waals surface area (Å²) < 4.78 is -0.806. The molecule has 0 aliphatic carbocycles. The van der Waals surface area contributed by atoms with Crippen molar-refractivity contribution < 1.29 is 49.0 Å². The van der Waals surface area contributed by atoms with E-state index in [9.17, 15) is 71.1 Å². The molecule has 59 heavy (non-hydrogen) atoms. The zero-order chi connectivity index (χ0) is 44.5. The molecule has 0 saturated carbocycles. The van der Waals surface area contributed by atoms with Crippen molar-refractivity contribution in [2.75, 3.05) is 37.9 Å². The second-order valence-electron chi connectivity index (χ2n) is 12.2. The maximum atomic E-state index is 13.6. The van der Waals surface area contributed by atoms with E-state index in [-0.39, 0.29) is 4.65 Å². The number of aromatic hydroxyl groups is 2. The number of phenolic OH excluding ortho intramolecular Hbond substituents is 2. The van der Waals surface area contributed by atoms with E-state index < -0.39 is 79.8 Å². The summed E-state index contributed by atoms with van der Waals surface area (Å²) in [5.41, 5.74) is -3.99. The monoisotopic (exact) mass is 868 g/mol. The topological polar surface area (TPSA) is 345 Å². The van der Waals surface area contributed by atoms with Crippen LogP contribution in [0.5, 0.6) is 11.5 Å². The highest BCUT2D eigenvalue weighted by molar-refractivity contribution is 6.18. The van der Waals surface area contributed by atoms with Crippen molar-refractivity contribution in [1.29, 1.82) is 0 Å². The number of non-ortho nitro benzene ring substituents is 2. The fourth-order valence-electron chi connectivity index (χ4n) is 5.28. The number of rotatable bonds is 18. The van der Waals surface area contributed by atoms with Crippen LogP contribution in [0.4, 0.5) is 34.1 Å². The van der Waals surface area contributed by atoms with E-state index in [4.69, 9.17) is 33.4 Å². The van der Waals surface area contributed by atoms with Gasteiger partial charge in [-0.1, -0.05) is 60.7 Å². The normalized spacial score (nSPS) is 10.9. The molecule has 0 spiro atoms. The molecule has 0 radical (unpaired) electrons. The molecule has 0 aliphatic heterocycles. The third-order valence-corrected chi connectivity index (χ3v) is 8.40. The summed E-state index contributed by atoms with van der Waals surface area (Å²) >= 11 is 11.6. The molecule has 0 bridgehead atoms. The van der Waals surface area contributed by atoms with Crippen molar-refractivity contribution in [3.05, 3.63) is 167 Å². The Kier molecular flexibility index (Phi) is 18.3. The van der Waals surface area contributed by atoms with Crippen molar-refractivity contribution in [1.82, 2.24) is 0 Å². The van der Waals surface area contributed by atoms with E-state index >= 15 is 0 Å². The van der Waals surface area contributed by atoms with Crippen LogP contribution in [-0.2, 0) is 13.1 Å². The van der Waals surface area contributed by atoms with E-state index in [0.29, 0.717) is 81.7 Å². The standard InChI is InChI=1S/C21H28Cl2N2O2.2C6H3N3O7/c22-12-16-24(26,17-13-23)14-7-15-25(27,18-20-8-3-1-4-9-20)19-21-10-5-2-6-11-21;2*10-6-4(8(13)14)1-3(7(11)12)2-5(6)9(15)16/h1-6,8-11H,7,12-19H2;2*1-2,10H. The summed E-state index contributed by atoms with van der Waals surface area (Å²) in [6, 6.07) is 21.4. The third kappa shape index (κ3) is 15.0. The molecule has 0 amide bonds. The van der Waals surface area contributed by atoms with Crippen LogP contribution in [0, 0.1) is 71.1 Å². The quantitative estimate of drug-likeness (QED) is 0.0435. The number of nitro groups is 6. The Bertz CT molecular complexity index is 1930. The van der Waals surface area contributed by atoms with Crippen molar-refractivity contribution in [3.63, 3.8) is 0 Å². The van der Waals surface area contributed by atoms with Gasteiger partial charge < -0.3 is 29.9 Å². The predicted octanol–water partition coefficient (Wildman–Crippen LogP) is 7.12. The number of benzene rings is 4. The van der Waals surface area contributed by atoms with Gasteiger partial charge in [0.05, 0.1) is 91.7 Å². The molecule has 0 aromatic heterocycles. The molecule has 316 valence electrons. The van der Waals surface area contributed by atoms with Crippen molar-refractivity contribution in [2.24, 2.45) is 0 Å². The van der Waals surface area contributed by atoms with Crippen molar-refractivity contribution in [2.45, 2.75) is 19.5 Å². The van der Waals surface area contributed by atoms with Gasteiger partial charge in [0.15, 0.2) is 0 Å². The second-order valence-corrected chi connectivity index (χ2v) is 13.0. The minimum absolute atomic E-state index is 0.297. The number of nitrogens with zero attached hydrogens (tertiary/aromatic N) is 8. The average molecular weight is 870 g/mol. The van der Waals surface area contributed by atoms with E-state index in [1.165, 1.54) is 0 Å². The smallest absolute Gasteiger partial charge is 0.324 e. The highest BCUT2D eigenvalue weighted by atomic mass is 35.5. The van der Waals surface area contributed by atoms with Crippen LogP contribution >= 0.6 is 23.2 Å². The fourth-order valence-corrected chi connectivity index (χ4v) is 5.90. The molecule has 0 heterocycles. The lowest BCUT2D eigenvalue weighted by atomic mass is 10.1. The first-order valence-corrected chi connectivity index (χ1v) is 17.7. The van der Waals surface area contributed by atoms with E-state index in [1.54, 1.807) is 0 Å². The molecule has 0 aliphatic rings. The van der Waals surface area contributed by atoms with Gasteiger partial charge in [-0.2, -0.15) is 0 Å². The molecule has 24 nitrogen and oxygen atoms in total. The zero-order valence-electron chi connectivity index (χ0n) is 30.4. The number of nitro benzene ring substituents is 6. The van der Waals surface area contributed by atoms with Gasteiger partial charge in [-0.05, 0) is 0 Å². The number of alkyl halides is 2. The average Bonchev–Trinajstić information content (AvgIpc) is 3.15. The first-order chi connectivity index (χ1) is 27.7. The van der Waals surface area contributed by atoms with Crippen molar-refractivity contribution >= 4 is 57.3 Å². The summed E-state index contributed by atoms with van der Waals surface area (Å²) in [5.74, 6) is -1.82. The summed E-state index contributed by atoms with van der Waals surface area (Å²) in [4.78, 5) is 55.5. The number of halogens is 2. The van der Waals surface area contributed by atoms with E-state index in [1.807, 2.05) is 60.7 Å². The molecule has 26 heteroatoms. The summed E-state index contributed by atoms with van der Waals surface area (Å²) in [7, 11) is 0. The number of quaternary nitrogens is 2. The largest absolute Gasteiger partial charge is 0.633 e. The van der Waals surface area contributed by atoms with Crippen LogP contribution < -0.4 is 0 Å². The van der Waals surface area contributed by atoms with Gasteiger partial charge >= 0.3 is 22.7 Å². The lowest BCUT2D eigenvalue weighted by Gasteiger charge is -2.46. The molecular weight excluding hydrogens is 835 g/mol. The molecule has 4 aromatic rings. The van der Waals surface area contributed by atoms with Crippen LogP contribution in [0.3, 0.4) is 0 Å². The van der Waals surface area contributed by atoms with Gasteiger partial charge in [0.1, 0.15) is 13.1 Å².